The van der Waals surface area contributed by atoms with Crippen LogP contribution in [0.25, 0.3) is 0 Å². The molecule has 0 radical (unpaired) electrons. The SMILES string of the molecule is NCC(=O)c1ccccc1N1CCC(=O)N1. The standard InChI is InChI=1S/C11H13N3O2/c12-7-10(15)8-3-1-2-4-9(8)14-6-5-11(16)13-14/h1-4H,5-7,12H2,(H,13,16). The number of ketones is 1. The fourth-order valence-corrected chi connectivity index (χ4v) is 1.71. The van der Waals surface area contributed by atoms with E-state index in [-0.39, 0.29) is 18.2 Å². The van der Waals surface area contributed by atoms with Crippen molar-refractivity contribution in [2.45, 2.75) is 6.42 Å². The topological polar surface area (TPSA) is 75.4 Å². The number of benzene rings is 1. The minimum atomic E-state index is -0.128. The molecule has 84 valence electrons. The van der Waals surface area contributed by atoms with E-state index >= 15 is 0 Å². The molecule has 5 nitrogen and oxygen atoms in total. The van der Waals surface area contributed by atoms with Crippen LogP contribution in [-0.2, 0) is 4.79 Å². The third kappa shape index (κ3) is 1.90. The van der Waals surface area contributed by atoms with Gasteiger partial charge in [-0.15, -0.1) is 0 Å². The molecule has 1 fully saturated rings. The number of carbonyl (C=O) groups excluding carboxylic acids is 2. The van der Waals surface area contributed by atoms with Gasteiger partial charge in [-0.3, -0.25) is 20.0 Å². The van der Waals surface area contributed by atoms with E-state index < -0.39 is 0 Å². The Bertz CT molecular complexity index is 431. The first-order valence-corrected chi connectivity index (χ1v) is 5.11. The second-order valence-electron chi connectivity index (χ2n) is 3.58. The molecule has 1 aromatic carbocycles. The van der Waals surface area contributed by atoms with Crippen molar-refractivity contribution in [3.05, 3.63) is 29.8 Å². The Labute approximate surface area is 93.2 Å². The Morgan fingerprint density at radius 1 is 1.44 bits per heavy atom. The van der Waals surface area contributed by atoms with Gasteiger partial charge in [-0.25, -0.2) is 0 Å². The number of para-hydroxylation sites is 1. The highest BCUT2D eigenvalue weighted by Crippen LogP contribution is 2.21. The molecule has 1 aliphatic rings. The minimum absolute atomic E-state index is 0.0290. The van der Waals surface area contributed by atoms with E-state index in [0.29, 0.717) is 24.2 Å². The summed E-state index contributed by atoms with van der Waals surface area (Å²) in [5.41, 5.74) is 9.29. The maximum atomic E-state index is 11.6. The third-order valence-corrected chi connectivity index (χ3v) is 2.50. The van der Waals surface area contributed by atoms with Crippen LogP contribution in [0.15, 0.2) is 24.3 Å². The van der Waals surface area contributed by atoms with Gasteiger partial charge in [0, 0.05) is 18.5 Å². The quantitative estimate of drug-likeness (QED) is 0.705. The molecule has 5 heteroatoms. The van der Waals surface area contributed by atoms with Crippen molar-refractivity contribution < 1.29 is 9.59 Å². The smallest absolute Gasteiger partial charge is 0.240 e. The summed E-state index contributed by atoms with van der Waals surface area (Å²) in [6.45, 7) is 0.548. The number of Topliss-reactive ketones (excluding diaryl/α,β-unsaturated/α-hetero) is 1. The summed E-state index contributed by atoms with van der Waals surface area (Å²) < 4.78 is 0. The summed E-state index contributed by atoms with van der Waals surface area (Å²) in [6, 6.07) is 7.13. The Morgan fingerprint density at radius 2 is 2.19 bits per heavy atom. The largest absolute Gasteiger partial charge is 0.324 e. The van der Waals surface area contributed by atoms with Gasteiger partial charge in [0.1, 0.15) is 0 Å². The molecule has 0 aliphatic carbocycles. The number of anilines is 1. The first-order chi connectivity index (χ1) is 7.72. The first kappa shape index (κ1) is 10.6. The van der Waals surface area contributed by atoms with Crippen LogP contribution in [0.3, 0.4) is 0 Å². The van der Waals surface area contributed by atoms with Gasteiger partial charge in [-0.1, -0.05) is 12.1 Å². The molecule has 0 atom stereocenters. The molecule has 1 aliphatic heterocycles. The van der Waals surface area contributed by atoms with Crippen LogP contribution in [-0.4, -0.2) is 24.8 Å². The molecule has 1 aromatic rings. The molecule has 0 aromatic heterocycles. The predicted octanol–water partition coefficient (Wildman–Crippen LogP) is 0.0693. The van der Waals surface area contributed by atoms with Crippen LogP contribution in [0, 0.1) is 0 Å². The monoisotopic (exact) mass is 219 g/mol. The number of nitrogens with one attached hydrogen (secondary N) is 1. The highest BCUT2D eigenvalue weighted by atomic mass is 16.2. The fraction of sp³-hybridized carbons (Fsp3) is 0.273. The van der Waals surface area contributed by atoms with E-state index in [1.807, 2.05) is 6.07 Å². The second-order valence-corrected chi connectivity index (χ2v) is 3.58. The fourth-order valence-electron chi connectivity index (χ4n) is 1.71. The van der Waals surface area contributed by atoms with Gasteiger partial charge in [-0.2, -0.15) is 0 Å². The normalized spacial score (nSPS) is 15.1. The number of amides is 1. The third-order valence-electron chi connectivity index (χ3n) is 2.50. The minimum Gasteiger partial charge on any atom is -0.324 e. The van der Waals surface area contributed by atoms with E-state index in [4.69, 9.17) is 5.73 Å². The van der Waals surface area contributed by atoms with Crippen LogP contribution < -0.4 is 16.2 Å². The summed E-state index contributed by atoms with van der Waals surface area (Å²) >= 11 is 0. The Hall–Kier alpha value is -1.88. The van der Waals surface area contributed by atoms with Crippen molar-refractivity contribution in [1.82, 2.24) is 5.43 Å². The number of nitrogens with two attached hydrogens (primary N) is 1. The molecular weight excluding hydrogens is 206 g/mol. The van der Waals surface area contributed by atoms with Crippen LogP contribution in [0.2, 0.25) is 0 Å². The molecule has 1 amide bonds. The maximum absolute atomic E-state index is 11.6. The van der Waals surface area contributed by atoms with Crippen LogP contribution in [0.1, 0.15) is 16.8 Å². The van der Waals surface area contributed by atoms with Gasteiger partial charge in [0.05, 0.1) is 12.2 Å². The van der Waals surface area contributed by atoms with Gasteiger partial charge in [0.2, 0.25) is 5.91 Å². The average Bonchev–Trinajstić information content (AvgIpc) is 2.75. The highest BCUT2D eigenvalue weighted by Gasteiger charge is 2.22. The van der Waals surface area contributed by atoms with Crippen molar-refractivity contribution in [3.63, 3.8) is 0 Å². The van der Waals surface area contributed by atoms with E-state index in [2.05, 4.69) is 5.43 Å². The van der Waals surface area contributed by atoms with Crippen LogP contribution in [0.4, 0.5) is 5.69 Å². The number of rotatable bonds is 3. The molecular formula is C11H13N3O2. The van der Waals surface area contributed by atoms with Crippen molar-refractivity contribution in [1.29, 1.82) is 0 Å². The highest BCUT2D eigenvalue weighted by molar-refractivity contribution is 6.03. The number of hydrogen-bond acceptors (Lipinski definition) is 4. The zero-order valence-corrected chi connectivity index (χ0v) is 8.77. The van der Waals surface area contributed by atoms with Crippen molar-refractivity contribution in [3.8, 4) is 0 Å². The molecule has 0 bridgehead atoms. The Morgan fingerprint density at radius 3 is 2.81 bits per heavy atom. The van der Waals surface area contributed by atoms with Gasteiger partial charge in [0.25, 0.3) is 0 Å². The average molecular weight is 219 g/mol. The van der Waals surface area contributed by atoms with Crippen LogP contribution >= 0.6 is 0 Å². The molecule has 16 heavy (non-hydrogen) atoms. The summed E-state index contributed by atoms with van der Waals surface area (Å²) in [6.07, 6.45) is 0.450. The van der Waals surface area contributed by atoms with Gasteiger partial charge < -0.3 is 5.73 Å². The molecule has 1 heterocycles. The molecule has 1 saturated heterocycles. The molecule has 0 unspecified atom stereocenters. The summed E-state index contributed by atoms with van der Waals surface area (Å²) in [4.78, 5) is 22.7. The number of nitrogens with zero attached hydrogens (tertiary/aromatic N) is 1. The lowest BCUT2D eigenvalue weighted by molar-refractivity contribution is -0.119. The lowest BCUT2D eigenvalue weighted by Crippen LogP contribution is -2.34. The Kier molecular flexibility index (Phi) is 2.87. The second kappa shape index (κ2) is 4.32. The lowest BCUT2D eigenvalue weighted by atomic mass is 10.1. The van der Waals surface area contributed by atoms with Gasteiger partial charge in [0.15, 0.2) is 5.78 Å². The molecule has 0 saturated carbocycles. The zero-order valence-electron chi connectivity index (χ0n) is 8.77. The lowest BCUT2D eigenvalue weighted by Gasteiger charge is -2.19. The van der Waals surface area contributed by atoms with Gasteiger partial charge >= 0.3 is 0 Å². The summed E-state index contributed by atoms with van der Waals surface area (Å²) in [7, 11) is 0. The number of hydrazine groups is 1. The summed E-state index contributed by atoms with van der Waals surface area (Å²) in [5.74, 6) is -0.160. The van der Waals surface area contributed by atoms with Crippen molar-refractivity contribution in [2.24, 2.45) is 5.73 Å². The predicted molar refractivity (Wildman–Crippen MR) is 59.9 cm³/mol. The van der Waals surface area contributed by atoms with E-state index in [1.165, 1.54) is 0 Å². The Balaban J connectivity index is 2.33. The van der Waals surface area contributed by atoms with Crippen LogP contribution in [0.5, 0.6) is 0 Å². The zero-order chi connectivity index (χ0) is 11.5. The first-order valence-electron chi connectivity index (χ1n) is 5.11. The van der Waals surface area contributed by atoms with E-state index in [0.717, 1.165) is 0 Å². The van der Waals surface area contributed by atoms with E-state index in [1.54, 1.807) is 23.2 Å². The molecule has 0 spiro atoms. The summed E-state index contributed by atoms with van der Waals surface area (Å²) in [5, 5.41) is 1.69. The van der Waals surface area contributed by atoms with E-state index in [9.17, 15) is 9.59 Å². The van der Waals surface area contributed by atoms with Gasteiger partial charge in [-0.05, 0) is 12.1 Å². The maximum Gasteiger partial charge on any atom is 0.240 e. The van der Waals surface area contributed by atoms with Crippen molar-refractivity contribution in [2.75, 3.05) is 18.1 Å². The molecule has 2 rings (SSSR count). The number of carbonyl (C=O) groups is 2. The number of hydrogen-bond donors (Lipinski definition) is 2. The molecule has 3 N–H and O–H groups in total. The van der Waals surface area contributed by atoms with Crippen molar-refractivity contribution >= 4 is 17.4 Å².